The molecule has 0 saturated heterocycles. The van der Waals surface area contributed by atoms with Gasteiger partial charge in [0.1, 0.15) is 0 Å². The molecule has 0 aliphatic carbocycles. The van der Waals surface area contributed by atoms with E-state index >= 15 is 0 Å². The van der Waals surface area contributed by atoms with Crippen LogP contribution in [0.1, 0.15) is 24.9 Å². The summed E-state index contributed by atoms with van der Waals surface area (Å²) in [7, 11) is 0. The number of halogens is 1. The Hall–Kier alpha value is 0.01000. The van der Waals surface area contributed by atoms with E-state index in [4.69, 9.17) is 0 Å². The number of nitrogens with one attached hydrogen (secondary N) is 1. The second kappa shape index (κ2) is 7.31. The van der Waals surface area contributed by atoms with Crippen LogP contribution in [0.3, 0.4) is 0 Å². The zero-order chi connectivity index (χ0) is 11.1. The SMILES string of the molecule is CSCCCNC(C)c1ccccc1Br. The van der Waals surface area contributed by atoms with Crippen LogP contribution in [-0.2, 0) is 0 Å². The summed E-state index contributed by atoms with van der Waals surface area (Å²) in [5.74, 6) is 1.23. The van der Waals surface area contributed by atoms with Gasteiger partial charge in [0, 0.05) is 10.5 Å². The van der Waals surface area contributed by atoms with Crippen LogP contribution in [0.4, 0.5) is 0 Å². The van der Waals surface area contributed by atoms with Crippen LogP contribution in [0.25, 0.3) is 0 Å². The molecule has 84 valence electrons. The van der Waals surface area contributed by atoms with Crippen molar-refractivity contribution in [3.05, 3.63) is 34.3 Å². The third-order valence-corrected chi connectivity index (χ3v) is 3.77. The van der Waals surface area contributed by atoms with Crippen LogP contribution in [0.5, 0.6) is 0 Å². The Morgan fingerprint density at radius 2 is 2.13 bits per heavy atom. The van der Waals surface area contributed by atoms with E-state index < -0.39 is 0 Å². The van der Waals surface area contributed by atoms with Crippen LogP contribution in [0.15, 0.2) is 28.7 Å². The minimum Gasteiger partial charge on any atom is -0.310 e. The van der Waals surface area contributed by atoms with Gasteiger partial charge in [-0.15, -0.1) is 0 Å². The number of thioether (sulfide) groups is 1. The topological polar surface area (TPSA) is 12.0 Å². The van der Waals surface area contributed by atoms with Crippen molar-refractivity contribution in [3.63, 3.8) is 0 Å². The second-order valence-corrected chi connectivity index (χ2v) is 5.38. The van der Waals surface area contributed by atoms with Crippen LogP contribution in [0.2, 0.25) is 0 Å². The largest absolute Gasteiger partial charge is 0.310 e. The zero-order valence-corrected chi connectivity index (χ0v) is 11.7. The molecule has 0 aliphatic heterocycles. The molecule has 0 aliphatic rings. The quantitative estimate of drug-likeness (QED) is 0.798. The average molecular weight is 288 g/mol. The minimum absolute atomic E-state index is 0.419. The third kappa shape index (κ3) is 4.58. The van der Waals surface area contributed by atoms with Gasteiger partial charge in [-0.2, -0.15) is 11.8 Å². The number of hydrogen-bond acceptors (Lipinski definition) is 2. The van der Waals surface area contributed by atoms with Crippen LogP contribution >= 0.6 is 27.7 Å². The smallest absolute Gasteiger partial charge is 0.0302 e. The summed E-state index contributed by atoms with van der Waals surface area (Å²) >= 11 is 5.48. The van der Waals surface area contributed by atoms with Gasteiger partial charge in [-0.25, -0.2) is 0 Å². The molecule has 1 aromatic rings. The van der Waals surface area contributed by atoms with E-state index in [9.17, 15) is 0 Å². The minimum atomic E-state index is 0.419. The molecule has 0 spiro atoms. The van der Waals surface area contributed by atoms with E-state index in [2.05, 4.69) is 52.6 Å². The van der Waals surface area contributed by atoms with Crippen molar-refractivity contribution in [2.45, 2.75) is 19.4 Å². The van der Waals surface area contributed by atoms with Crippen molar-refractivity contribution in [3.8, 4) is 0 Å². The normalized spacial score (nSPS) is 12.7. The standard InChI is InChI=1S/C12H18BrNS/c1-10(14-8-5-9-15-2)11-6-3-4-7-12(11)13/h3-4,6-7,10,14H,5,8-9H2,1-2H3. The van der Waals surface area contributed by atoms with Crippen molar-refractivity contribution >= 4 is 27.7 Å². The molecule has 0 amide bonds. The predicted molar refractivity (Wildman–Crippen MR) is 73.6 cm³/mol. The van der Waals surface area contributed by atoms with E-state index in [0.717, 1.165) is 6.54 Å². The van der Waals surface area contributed by atoms with Gasteiger partial charge in [0.25, 0.3) is 0 Å². The van der Waals surface area contributed by atoms with Gasteiger partial charge < -0.3 is 5.32 Å². The fourth-order valence-electron chi connectivity index (χ4n) is 1.47. The molecule has 1 atom stereocenters. The van der Waals surface area contributed by atoms with E-state index in [0.29, 0.717) is 6.04 Å². The molecule has 0 bridgehead atoms. The Balaban J connectivity index is 2.40. The monoisotopic (exact) mass is 287 g/mol. The van der Waals surface area contributed by atoms with Gasteiger partial charge in [0.2, 0.25) is 0 Å². The maximum atomic E-state index is 3.58. The summed E-state index contributed by atoms with van der Waals surface area (Å²) < 4.78 is 1.19. The summed E-state index contributed by atoms with van der Waals surface area (Å²) in [4.78, 5) is 0. The van der Waals surface area contributed by atoms with E-state index in [1.54, 1.807) is 0 Å². The van der Waals surface area contributed by atoms with Gasteiger partial charge in [-0.3, -0.25) is 0 Å². The maximum Gasteiger partial charge on any atom is 0.0302 e. The molecule has 1 rings (SSSR count). The lowest BCUT2D eigenvalue weighted by Crippen LogP contribution is -2.20. The zero-order valence-electron chi connectivity index (χ0n) is 9.29. The highest BCUT2D eigenvalue weighted by atomic mass is 79.9. The molecule has 0 heterocycles. The Bertz CT molecular complexity index is 291. The summed E-state index contributed by atoms with van der Waals surface area (Å²) in [5.41, 5.74) is 1.33. The average Bonchev–Trinajstić information content (AvgIpc) is 2.25. The predicted octanol–water partition coefficient (Wildman–Crippen LogP) is 3.85. The molecule has 0 saturated carbocycles. The molecule has 1 nitrogen and oxygen atoms in total. The van der Waals surface area contributed by atoms with E-state index in [1.165, 1.54) is 22.2 Å². The summed E-state index contributed by atoms with van der Waals surface area (Å²) in [5, 5.41) is 3.53. The molecule has 0 aromatic heterocycles. The van der Waals surface area contributed by atoms with Crippen LogP contribution < -0.4 is 5.32 Å². The number of benzene rings is 1. The highest BCUT2D eigenvalue weighted by Gasteiger charge is 2.06. The highest BCUT2D eigenvalue weighted by Crippen LogP contribution is 2.22. The molecule has 1 N–H and O–H groups in total. The second-order valence-electron chi connectivity index (χ2n) is 3.54. The van der Waals surface area contributed by atoms with Crippen LogP contribution in [-0.4, -0.2) is 18.6 Å². The summed E-state index contributed by atoms with van der Waals surface area (Å²) in [6, 6.07) is 8.81. The van der Waals surface area contributed by atoms with Crippen molar-refractivity contribution in [2.75, 3.05) is 18.6 Å². The molecule has 3 heteroatoms. The van der Waals surface area contributed by atoms with Gasteiger partial charge in [0.05, 0.1) is 0 Å². The van der Waals surface area contributed by atoms with Crippen molar-refractivity contribution in [2.24, 2.45) is 0 Å². The highest BCUT2D eigenvalue weighted by molar-refractivity contribution is 9.10. The van der Waals surface area contributed by atoms with Crippen LogP contribution in [0, 0.1) is 0 Å². The third-order valence-electron chi connectivity index (χ3n) is 2.35. The molecule has 15 heavy (non-hydrogen) atoms. The van der Waals surface area contributed by atoms with Gasteiger partial charge >= 0.3 is 0 Å². The number of rotatable bonds is 6. The molecule has 0 radical (unpaired) electrons. The summed E-state index contributed by atoms with van der Waals surface area (Å²) in [6.07, 6.45) is 3.38. The lowest BCUT2D eigenvalue weighted by atomic mass is 10.1. The first-order valence-electron chi connectivity index (χ1n) is 5.22. The Morgan fingerprint density at radius 1 is 1.40 bits per heavy atom. The fraction of sp³-hybridized carbons (Fsp3) is 0.500. The molecule has 1 aromatic carbocycles. The van der Waals surface area contributed by atoms with Gasteiger partial charge in [0.15, 0.2) is 0 Å². The van der Waals surface area contributed by atoms with Gasteiger partial charge in [-0.1, -0.05) is 34.1 Å². The number of hydrogen-bond donors (Lipinski definition) is 1. The lowest BCUT2D eigenvalue weighted by Gasteiger charge is -2.15. The summed E-state index contributed by atoms with van der Waals surface area (Å²) in [6.45, 7) is 3.29. The van der Waals surface area contributed by atoms with E-state index in [1.807, 2.05) is 17.8 Å². The molecule has 0 fully saturated rings. The molecule has 1 unspecified atom stereocenters. The maximum absolute atomic E-state index is 3.58. The Kier molecular flexibility index (Phi) is 6.37. The molecular formula is C12H18BrNS. The van der Waals surface area contributed by atoms with Crippen molar-refractivity contribution in [1.29, 1.82) is 0 Å². The van der Waals surface area contributed by atoms with E-state index in [-0.39, 0.29) is 0 Å². The van der Waals surface area contributed by atoms with Gasteiger partial charge in [-0.05, 0) is 43.5 Å². The first-order chi connectivity index (χ1) is 7.25. The van der Waals surface area contributed by atoms with Crippen molar-refractivity contribution < 1.29 is 0 Å². The Labute approximate surface area is 105 Å². The Morgan fingerprint density at radius 3 is 2.80 bits per heavy atom. The first kappa shape index (κ1) is 13.1. The molecular weight excluding hydrogens is 270 g/mol. The fourth-order valence-corrected chi connectivity index (χ4v) is 2.53. The first-order valence-corrected chi connectivity index (χ1v) is 7.41. The van der Waals surface area contributed by atoms with Crippen molar-refractivity contribution in [1.82, 2.24) is 5.32 Å². The lowest BCUT2D eigenvalue weighted by molar-refractivity contribution is 0.571.